The third-order valence-electron chi connectivity index (χ3n) is 4.43. The van der Waals surface area contributed by atoms with Gasteiger partial charge in [-0.05, 0) is 55.8 Å². The van der Waals surface area contributed by atoms with Gasteiger partial charge in [-0.25, -0.2) is 0 Å². The standard InChI is InChI=1S/C21H23N3O5/c1-3-29-16-9-6-14(7-10-16)22-20(26)21(27)23-15-8-11-18(28-2)17(13-15)24-12-4-5-19(24)25/h6-11,13H,3-5,12H2,1-2H3,(H,22,26)(H,23,27). The first-order chi connectivity index (χ1) is 14.0. The van der Waals surface area contributed by atoms with E-state index in [9.17, 15) is 14.4 Å². The van der Waals surface area contributed by atoms with E-state index >= 15 is 0 Å². The zero-order valence-electron chi connectivity index (χ0n) is 16.4. The highest BCUT2D eigenvalue weighted by atomic mass is 16.5. The van der Waals surface area contributed by atoms with Crippen molar-refractivity contribution in [1.82, 2.24) is 0 Å². The summed E-state index contributed by atoms with van der Waals surface area (Å²) in [4.78, 5) is 38.2. The van der Waals surface area contributed by atoms with Gasteiger partial charge in [-0.15, -0.1) is 0 Å². The minimum Gasteiger partial charge on any atom is -0.495 e. The zero-order valence-corrected chi connectivity index (χ0v) is 16.4. The number of anilines is 3. The van der Waals surface area contributed by atoms with Gasteiger partial charge in [-0.3, -0.25) is 14.4 Å². The smallest absolute Gasteiger partial charge is 0.314 e. The maximum Gasteiger partial charge on any atom is 0.314 e. The molecule has 3 amide bonds. The summed E-state index contributed by atoms with van der Waals surface area (Å²) in [5.74, 6) is -0.416. The Morgan fingerprint density at radius 3 is 2.28 bits per heavy atom. The van der Waals surface area contributed by atoms with Gasteiger partial charge in [-0.2, -0.15) is 0 Å². The largest absolute Gasteiger partial charge is 0.495 e. The van der Waals surface area contributed by atoms with Crippen molar-refractivity contribution in [1.29, 1.82) is 0 Å². The van der Waals surface area contributed by atoms with Crippen LogP contribution in [-0.4, -0.2) is 38.0 Å². The van der Waals surface area contributed by atoms with Crippen LogP contribution in [0.4, 0.5) is 17.1 Å². The molecule has 0 saturated carbocycles. The van der Waals surface area contributed by atoms with Crippen LogP contribution in [0.15, 0.2) is 42.5 Å². The van der Waals surface area contributed by atoms with Crippen molar-refractivity contribution < 1.29 is 23.9 Å². The molecule has 1 aliphatic heterocycles. The third kappa shape index (κ3) is 4.84. The Labute approximate surface area is 168 Å². The van der Waals surface area contributed by atoms with Crippen molar-refractivity contribution in [2.45, 2.75) is 19.8 Å². The van der Waals surface area contributed by atoms with Crippen LogP contribution in [0.3, 0.4) is 0 Å². The lowest BCUT2D eigenvalue weighted by molar-refractivity contribution is -0.132. The van der Waals surface area contributed by atoms with Gasteiger partial charge in [-0.1, -0.05) is 0 Å². The summed E-state index contributed by atoms with van der Waals surface area (Å²) >= 11 is 0. The monoisotopic (exact) mass is 397 g/mol. The maximum absolute atomic E-state index is 12.3. The minimum absolute atomic E-state index is 0.0000177. The molecule has 152 valence electrons. The molecule has 1 heterocycles. The highest BCUT2D eigenvalue weighted by Crippen LogP contribution is 2.34. The second kappa shape index (κ2) is 9.09. The van der Waals surface area contributed by atoms with E-state index in [0.717, 1.165) is 6.42 Å². The Balaban J connectivity index is 1.68. The topological polar surface area (TPSA) is 97.0 Å². The van der Waals surface area contributed by atoms with E-state index < -0.39 is 11.8 Å². The average Bonchev–Trinajstić information content (AvgIpc) is 3.15. The number of benzene rings is 2. The summed E-state index contributed by atoms with van der Waals surface area (Å²) in [6.07, 6.45) is 1.24. The van der Waals surface area contributed by atoms with Crippen LogP contribution in [0.5, 0.6) is 11.5 Å². The fourth-order valence-corrected chi connectivity index (χ4v) is 3.06. The van der Waals surface area contributed by atoms with E-state index in [2.05, 4.69) is 10.6 Å². The van der Waals surface area contributed by atoms with Gasteiger partial charge in [0, 0.05) is 24.3 Å². The van der Waals surface area contributed by atoms with Crippen LogP contribution in [0, 0.1) is 0 Å². The van der Waals surface area contributed by atoms with E-state index in [1.807, 2.05) is 6.92 Å². The molecule has 0 unspecified atom stereocenters. The molecule has 0 aromatic heterocycles. The van der Waals surface area contributed by atoms with Crippen LogP contribution in [0.1, 0.15) is 19.8 Å². The predicted octanol–water partition coefficient (Wildman–Crippen LogP) is 2.80. The fraction of sp³-hybridized carbons (Fsp3) is 0.286. The number of rotatable bonds is 6. The van der Waals surface area contributed by atoms with Gasteiger partial charge < -0.3 is 25.0 Å². The Hall–Kier alpha value is -3.55. The van der Waals surface area contributed by atoms with E-state index in [4.69, 9.17) is 9.47 Å². The summed E-state index contributed by atoms with van der Waals surface area (Å²) in [6, 6.07) is 11.6. The molecule has 0 spiro atoms. The van der Waals surface area contributed by atoms with E-state index in [1.54, 1.807) is 47.4 Å². The molecule has 0 radical (unpaired) electrons. The predicted molar refractivity (Wildman–Crippen MR) is 109 cm³/mol. The molecule has 1 fully saturated rings. The molecule has 0 atom stereocenters. The molecule has 2 N–H and O–H groups in total. The third-order valence-corrected chi connectivity index (χ3v) is 4.43. The summed E-state index contributed by atoms with van der Waals surface area (Å²) < 4.78 is 10.7. The molecular formula is C21H23N3O5. The molecule has 1 saturated heterocycles. The molecular weight excluding hydrogens is 374 g/mol. The molecule has 0 aliphatic carbocycles. The Morgan fingerprint density at radius 1 is 1.03 bits per heavy atom. The second-order valence-corrected chi connectivity index (χ2v) is 6.40. The number of amides is 3. The van der Waals surface area contributed by atoms with Crippen molar-refractivity contribution in [3.63, 3.8) is 0 Å². The quantitative estimate of drug-likeness (QED) is 0.731. The highest BCUT2D eigenvalue weighted by molar-refractivity contribution is 6.43. The average molecular weight is 397 g/mol. The van der Waals surface area contributed by atoms with Crippen LogP contribution >= 0.6 is 0 Å². The first kappa shape index (κ1) is 20.2. The van der Waals surface area contributed by atoms with Crippen LogP contribution in [0.2, 0.25) is 0 Å². The van der Waals surface area contributed by atoms with Crippen molar-refractivity contribution in [3.05, 3.63) is 42.5 Å². The highest BCUT2D eigenvalue weighted by Gasteiger charge is 2.25. The maximum atomic E-state index is 12.3. The van der Waals surface area contributed by atoms with Gasteiger partial charge in [0.2, 0.25) is 5.91 Å². The number of hydrogen-bond acceptors (Lipinski definition) is 5. The summed E-state index contributed by atoms with van der Waals surface area (Å²) in [7, 11) is 1.52. The minimum atomic E-state index is -0.817. The number of nitrogens with zero attached hydrogens (tertiary/aromatic N) is 1. The van der Waals surface area contributed by atoms with Gasteiger partial charge in [0.05, 0.1) is 19.4 Å². The molecule has 2 aromatic rings. The van der Waals surface area contributed by atoms with Crippen LogP contribution < -0.4 is 25.0 Å². The Bertz CT molecular complexity index is 911. The van der Waals surface area contributed by atoms with Crippen LogP contribution in [-0.2, 0) is 14.4 Å². The number of hydrogen-bond donors (Lipinski definition) is 2. The van der Waals surface area contributed by atoms with Gasteiger partial charge in [0.25, 0.3) is 0 Å². The molecule has 2 aromatic carbocycles. The zero-order chi connectivity index (χ0) is 20.8. The number of methoxy groups -OCH3 is 1. The molecule has 1 aliphatic rings. The molecule has 0 bridgehead atoms. The van der Waals surface area contributed by atoms with Crippen molar-refractivity contribution in [3.8, 4) is 11.5 Å². The summed E-state index contributed by atoms with van der Waals surface area (Å²) in [5, 5.41) is 5.09. The van der Waals surface area contributed by atoms with E-state index in [0.29, 0.717) is 48.1 Å². The summed E-state index contributed by atoms with van der Waals surface area (Å²) in [5.41, 5.74) is 1.44. The Morgan fingerprint density at radius 2 is 1.69 bits per heavy atom. The number of carbonyl (C=O) groups excluding carboxylic acids is 3. The molecule has 3 rings (SSSR count). The van der Waals surface area contributed by atoms with Crippen LogP contribution in [0.25, 0.3) is 0 Å². The van der Waals surface area contributed by atoms with E-state index in [1.165, 1.54) is 7.11 Å². The first-order valence-electron chi connectivity index (χ1n) is 9.35. The molecule has 8 heteroatoms. The van der Waals surface area contributed by atoms with E-state index in [-0.39, 0.29) is 5.91 Å². The number of carbonyl (C=O) groups is 3. The lowest BCUT2D eigenvalue weighted by atomic mass is 10.2. The van der Waals surface area contributed by atoms with Crippen molar-refractivity contribution in [2.24, 2.45) is 0 Å². The van der Waals surface area contributed by atoms with Gasteiger partial charge >= 0.3 is 11.8 Å². The normalized spacial score (nSPS) is 13.2. The summed E-state index contributed by atoms with van der Waals surface area (Å²) in [6.45, 7) is 3.01. The van der Waals surface area contributed by atoms with Crippen molar-refractivity contribution in [2.75, 3.05) is 35.8 Å². The SMILES string of the molecule is CCOc1ccc(NC(=O)C(=O)Nc2ccc(OC)c(N3CCCC3=O)c2)cc1. The van der Waals surface area contributed by atoms with Gasteiger partial charge in [0.1, 0.15) is 11.5 Å². The molecule has 8 nitrogen and oxygen atoms in total. The van der Waals surface area contributed by atoms with Gasteiger partial charge in [0.15, 0.2) is 0 Å². The number of nitrogens with one attached hydrogen (secondary N) is 2. The fourth-order valence-electron chi connectivity index (χ4n) is 3.06. The van der Waals surface area contributed by atoms with Crippen molar-refractivity contribution >= 4 is 34.8 Å². The Kier molecular flexibility index (Phi) is 6.33. The first-order valence-corrected chi connectivity index (χ1v) is 9.35. The lowest BCUT2D eigenvalue weighted by Gasteiger charge is -2.20. The lowest BCUT2D eigenvalue weighted by Crippen LogP contribution is -2.29. The number of ether oxygens (including phenoxy) is 2. The second-order valence-electron chi connectivity index (χ2n) is 6.40. The molecule has 29 heavy (non-hydrogen) atoms.